The lowest BCUT2D eigenvalue weighted by atomic mass is 9.67. The summed E-state index contributed by atoms with van der Waals surface area (Å²) < 4.78 is 10.2. The molecule has 0 aliphatic rings. The van der Waals surface area contributed by atoms with Crippen LogP contribution in [0.15, 0.2) is 30.4 Å². The van der Waals surface area contributed by atoms with Gasteiger partial charge in [0, 0.05) is 12.1 Å². The second kappa shape index (κ2) is 12.1. The fraction of sp³-hybridized carbons (Fsp3) is 0.542. The number of rotatable bonds is 13. The number of ketones is 1. The highest BCUT2D eigenvalue weighted by Crippen LogP contribution is 2.40. The first-order chi connectivity index (χ1) is 15.0. The third-order valence-electron chi connectivity index (χ3n) is 5.23. The highest BCUT2D eigenvalue weighted by Gasteiger charge is 2.47. The molecule has 0 aromatic heterocycles. The number of nitro groups is 1. The zero-order valence-electron chi connectivity index (χ0n) is 19.6. The number of hydrogen-bond donors (Lipinski definition) is 0. The summed E-state index contributed by atoms with van der Waals surface area (Å²) in [5.41, 5.74) is -0.956. The Labute approximate surface area is 189 Å². The molecule has 176 valence electrons. The van der Waals surface area contributed by atoms with Crippen LogP contribution in [0.2, 0.25) is 0 Å². The van der Waals surface area contributed by atoms with Crippen molar-refractivity contribution in [2.24, 2.45) is 5.92 Å². The molecule has 0 bridgehead atoms. The molecular formula is C24H33NO7. The van der Waals surface area contributed by atoms with E-state index >= 15 is 0 Å². The number of Topliss-reactive ketones (excluding diaryl/α,β-unsaturated/α-hetero) is 1. The van der Waals surface area contributed by atoms with Gasteiger partial charge in [-0.1, -0.05) is 26.5 Å². The van der Waals surface area contributed by atoms with E-state index in [1.807, 2.05) is 13.8 Å². The van der Waals surface area contributed by atoms with Crippen LogP contribution in [0.1, 0.15) is 64.5 Å². The van der Waals surface area contributed by atoms with E-state index in [9.17, 15) is 24.5 Å². The molecule has 0 radical (unpaired) electrons. The monoisotopic (exact) mass is 447 g/mol. The Hall–Kier alpha value is -3.03. The van der Waals surface area contributed by atoms with Crippen molar-refractivity contribution in [3.8, 4) is 0 Å². The molecule has 1 aromatic rings. The number of carbonyl (C=O) groups is 3. The lowest BCUT2D eigenvalue weighted by Crippen LogP contribution is -2.42. The van der Waals surface area contributed by atoms with Crippen LogP contribution in [0.5, 0.6) is 0 Å². The number of nitrogens with zero attached hydrogens (tertiary/aromatic N) is 1. The molecule has 0 saturated heterocycles. The van der Waals surface area contributed by atoms with Gasteiger partial charge in [0.05, 0.1) is 36.4 Å². The normalized spacial score (nSPS) is 11.2. The fourth-order valence-corrected chi connectivity index (χ4v) is 3.61. The molecule has 32 heavy (non-hydrogen) atoms. The van der Waals surface area contributed by atoms with Crippen molar-refractivity contribution >= 4 is 23.4 Å². The van der Waals surface area contributed by atoms with Crippen LogP contribution in [0.25, 0.3) is 0 Å². The van der Waals surface area contributed by atoms with Crippen molar-refractivity contribution in [2.75, 3.05) is 13.2 Å². The number of hydrogen-bond acceptors (Lipinski definition) is 7. The van der Waals surface area contributed by atoms with E-state index in [0.717, 1.165) is 0 Å². The SMILES string of the molecule is C=C(CCC(C)C)C(=O)C(CC(=O)OCC)(CC(=O)OCC)c1cc([N+](=O)[O-])ccc1C. The maximum atomic E-state index is 13.8. The minimum Gasteiger partial charge on any atom is -0.466 e. The molecule has 0 aliphatic heterocycles. The maximum Gasteiger partial charge on any atom is 0.307 e. The molecule has 0 heterocycles. The van der Waals surface area contributed by atoms with Gasteiger partial charge in [-0.15, -0.1) is 0 Å². The minimum atomic E-state index is -1.72. The predicted molar refractivity (Wildman–Crippen MR) is 120 cm³/mol. The van der Waals surface area contributed by atoms with Crippen molar-refractivity contribution in [2.45, 2.75) is 65.7 Å². The Morgan fingerprint density at radius 3 is 2.06 bits per heavy atom. The van der Waals surface area contributed by atoms with E-state index in [1.165, 1.54) is 18.2 Å². The summed E-state index contributed by atoms with van der Waals surface area (Å²) in [6.07, 6.45) is 0.146. The molecule has 0 aliphatic carbocycles. The van der Waals surface area contributed by atoms with Crippen LogP contribution in [0, 0.1) is 23.0 Å². The van der Waals surface area contributed by atoms with Gasteiger partial charge in [-0.3, -0.25) is 24.5 Å². The van der Waals surface area contributed by atoms with Gasteiger partial charge in [0.15, 0.2) is 5.78 Å². The van der Waals surface area contributed by atoms with Gasteiger partial charge in [0.25, 0.3) is 5.69 Å². The van der Waals surface area contributed by atoms with Crippen molar-refractivity contribution in [1.29, 1.82) is 0 Å². The molecule has 0 amide bonds. The molecule has 8 heteroatoms. The maximum absolute atomic E-state index is 13.8. The van der Waals surface area contributed by atoms with Crippen LogP contribution in [0.3, 0.4) is 0 Å². The molecule has 8 nitrogen and oxygen atoms in total. The molecule has 0 unspecified atom stereocenters. The van der Waals surface area contributed by atoms with E-state index < -0.39 is 40.9 Å². The van der Waals surface area contributed by atoms with Crippen LogP contribution in [0.4, 0.5) is 5.69 Å². The third-order valence-corrected chi connectivity index (χ3v) is 5.23. The van der Waals surface area contributed by atoms with Gasteiger partial charge in [0.1, 0.15) is 0 Å². The van der Waals surface area contributed by atoms with Crippen LogP contribution in [-0.2, 0) is 29.3 Å². The number of esters is 2. The van der Waals surface area contributed by atoms with E-state index in [1.54, 1.807) is 20.8 Å². The van der Waals surface area contributed by atoms with Crippen LogP contribution >= 0.6 is 0 Å². The van der Waals surface area contributed by atoms with Gasteiger partial charge in [0.2, 0.25) is 0 Å². The van der Waals surface area contributed by atoms with Crippen LogP contribution in [-0.4, -0.2) is 35.9 Å². The number of aryl methyl sites for hydroxylation is 1. The highest BCUT2D eigenvalue weighted by atomic mass is 16.6. The zero-order valence-corrected chi connectivity index (χ0v) is 19.6. The molecular weight excluding hydrogens is 414 g/mol. The molecule has 0 spiro atoms. The molecule has 0 N–H and O–H groups in total. The van der Waals surface area contributed by atoms with Crippen molar-refractivity contribution in [3.05, 3.63) is 51.6 Å². The van der Waals surface area contributed by atoms with Gasteiger partial charge in [-0.2, -0.15) is 0 Å². The van der Waals surface area contributed by atoms with Gasteiger partial charge >= 0.3 is 11.9 Å². The number of allylic oxidation sites excluding steroid dienone is 1. The summed E-state index contributed by atoms with van der Waals surface area (Å²) >= 11 is 0. The lowest BCUT2D eigenvalue weighted by Gasteiger charge is -2.33. The summed E-state index contributed by atoms with van der Waals surface area (Å²) in [5.74, 6) is -1.58. The van der Waals surface area contributed by atoms with Gasteiger partial charge < -0.3 is 9.47 Å². The van der Waals surface area contributed by atoms with Crippen molar-refractivity contribution < 1.29 is 28.8 Å². The summed E-state index contributed by atoms with van der Waals surface area (Å²) in [6, 6.07) is 4.07. The van der Waals surface area contributed by atoms with Crippen LogP contribution < -0.4 is 0 Å². The van der Waals surface area contributed by atoms with E-state index in [0.29, 0.717) is 24.3 Å². The average molecular weight is 448 g/mol. The van der Waals surface area contributed by atoms with E-state index in [-0.39, 0.29) is 30.0 Å². The fourth-order valence-electron chi connectivity index (χ4n) is 3.61. The summed E-state index contributed by atoms with van der Waals surface area (Å²) in [4.78, 5) is 49.9. The molecule has 0 fully saturated rings. The Balaban J connectivity index is 3.74. The van der Waals surface area contributed by atoms with E-state index in [2.05, 4.69) is 6.58 Å². The largest absolute Gasteiger partial charge is 0.466 e. The first-order valence-electron chi connectivity index (χ1n) is 10.8. The quantitative estimate of drug-likeness (QED) is 0.188. The summed E-state index contributed by atoms with van der Waals surface area (Å²) in [5, 5.41) is 11.4. The number of ether oxygens (including phenoxy) is 2. The number of non-ortho nitro benzene ring substituents is 1. The topological polar surface area (TPSA) is 113 Å². The van der Waals surface area contributed by atoms with Gasteiger partial charge in [-0.25, -0.2) is 0 Å². The Bertz CT molecular complexity index is 853. The third kappa shape index (κ3) is 7.00. The molecule has 1 rings (SSSR count). The number of nitro benzene ring substituents is 1. The zero-order chi connectivity index (χ0) is 24.5. The highest BCUT2D eigenvalue weighted by molar-refractivity contribution is 6.07. The van der Waals surface area contributed by atoms with Crippen molar-refractivity contribution in [1.82, 2.24) is 0 Å². The predicted octanol–water partition coefficient (Wildman–Crippen LogP) is 4.61. The summed E-state index contributed by atoms with van der Waals surface area (Å²) in [6.45, 7) is 13.1. The van der Waals surface area contributed by atoms with E-state index in [4.69, 9.17) is 9.47 Å². The second-order valence-electron chi connectivity index (χ2n) is 8.17. The number of carbonyl (C=O) groups excluding carboxylic acids is 3. The second-order valence-corrected chi connectivity index (χ2v) is 8.17. The van der Waals surface area contributed by atoms with Gasteiger partial charge in [-0.05, 0) is 56.2 Å². The Kier molecular flexibility index (Phi) is 10.2. The first kappa shape index (κ1) is 27.0. The molecule has 0 saturated carbocycles. The molecule has 0 atom stereocenters. The number of benzene rings is 1. The molecule has 1 aromatic carbocycles. The smallest absolute Gasteiger partial charge is 0.307 e. The Morgan fingerprint density at radius 1 is 1.09 bits per heavy atom. The summed E-state index contributed by atoms with van der Waals surface area (Å²) in [7, 11) is 0. The average Bonchev–Trinajstić information content (AvgIpc) is 2.71. The standard InChI is InChI=1S/C24H33NO7/c1-7-31-21(26)14-24(15-22(27)32-8-2,23(28)18(6)10-9-16(3)4)20-13-19(25(29)30)12-11-17(20)5/h11-13,16H,6-10,14-15H2,1-5H3. The minimum absolute atomic E-state index is 0.0880. The Morgan fingerprint density at radius 2 is 1.62 bits per heavy atom. The first-order valence-corrected chi connectivity index (χ1v) is 10.8. The van der Waals surface area contributed by atoms with Crippen molar-refractivity contribution in [3.63, 3.8) is 0 Å². The lowest BCUT2D eigenvalue weighted by molar-refractivity contribution is -0.385.